The Morgan fingerprint density at radius 3 is 2.55 bits per heavy atom. The largest absolute Gasteiger partial charge is 0.497 e. The highest BCUT2D eigenvalue weighted by atomic mass is 32.2. The molecule has 2 saturated heterocycles. The summed E-state index contributed by atoms with van der Waals surface area (Å²) >= 11 is 0. The molecule has 15 nitrogen and oxygen atoms in total. The highest BCUT2D eigenvalue weighted by Crippen LogP contribution is 2.53. The third kappa shape index (κ3) is 7.62. The lowest BCUT2D eigenvalue weighted by molar-refractivity contribution is -0.142. The Hall–Kier alpha value is -4.44. The van der Waals surface area contributed by atoms with E-state index in [4.69, 9.17) is 19.2 Å². The zero-order chi connectivity index (χ0) is 40.3. The topological polar surface area (TPSA) is 186 Å². The number of carbonyl (C=O) groups excluding carboxylic acids is 4. The maximum atomic E-state index is 15.0. The number of fused-ring (bicyclic) bond motifs is 8. The normalized spacial score (nSPS) is 32.8. The molecule has 16 heteroatoms. The monoisotopic (exact) mass is 818 g/mol. The Kier molecular flexibility index (Phi) is 10.3. The third-order valence-electron chi connectivity index (χ3n) is 13.6. The van der Waals surface area contributed by atoms with Crippen molar-refractivity contribution in [2.75, 3.05) is 33.4 Å². The molecule has 0 radical (unpaired) electrons. The summed E-state index contributed by atoms with van der Waals surface area (Å²) in [6, 6.07) is 5.57. The van der Waals surface area contributed by atoms with E-state index in [1.54, 1.807) is 18.1 Å². The lowest BCUT2D eigenvalue weighted by Gasteiger charge is -2.33. The maximum Gasteiger partial charge on any atom is 0.318 e. The Balaban J connectivity index is 1.06. The number of urea groups is 1. The van der Waals surface area contributed by atoms with Gasteiger partial charge in [-0.05, 0) is 93.7 Å². The first-order chi connectivity index (χ1) is 28.0. The third-order valence-corrected chi connectivity index (χ3v) is 15.5. The lowest BCUT2D eigenvalue weighted by Crippen LogP contribution is -2.59. The minimum atomic E-state index is -3.89. The van der Waals surface area contributed by atoms with E-state index in [1.165, 1.54) is 4.90 Å². The van der Waals surface area contributed by atoms with Crippen molar-refractivity contribution in [3.05, 3.63) is 42.5 Å². The fourth-order valence-electron chi connectivity index (χ4n) is 9.85. The number of pyridine rings is 1. The second-order valence-electron chi connectivity index (χ2n) is 17.5. The van der Waals surface area contributed by atoms with Gasteiger partial charge in [-0.25, -0.2) is 18.2 Å². The van der Waals surface area contributed by atoms with Crippen LogP contribution in [0.5, 0.6) is 11.6 Å². The number of hydrogen-bond donors (Lipinski definition) is 3. The molecule has 0 spiro atoms. The molecule has 4 saturated carbocycles. The van der Waals surface area contributed by atoms with Gasteiger partial charge in [0.1, 0.15) is 29.5 Å². The molecule has 7 aliphatic rings. The Bertz CT molecular complexity index is 2110. The maximum absolute atomic E-state index is 15.0. The molecule has 6 fully saturated rings. The fraction of sp³-hybridized carbons (Fsp3) is 0.643. The van der Waals surface area contributed by atoms with Crippen molar-refractivity contribution in [1.82, 2.24) is 30.1 Å². The van der Waals surface area contributed by atoms with Crippen molar-refractivity contribution < 1.29 is 41.8 Å². The van der Waals surface area contributed by atoms with Gasteiger partial charge < -0.3 is 34.6 Å². The molecule has 1 aromatic carbocycles. The van der Waals surface area contributed by atoms with Crippen LogP contribution >= 0.6 is 0 Å². The molecule has 1 aromatic heterocycles. The molecule has 2 aromatic rings. The Morgan fingerprint density at radius 1 is 1.02 bits per heavy atom. The zero-order valence-corrected chi connectivity index (χ0v) is 33.8. The van der Waals surface area contributed by atoms with Gasteiger partial charge in [0, 0.05) is 49.1 Å². The summed E-state index contributed by atoms with van der Waals surface area (Å²) in [7, 11) is -2.29. The number of ether oxygens (including phenoxy) is 3. The SMILES string of the molecule is C=C[C@H]1C[C@]1(NC(=O)[C@@H]1C[C@@H]2CN1C(=O)[C@H](C1CCCC1)NC(=O)N1CC[C@@H](C1)OCCCC1CC1c1cc3ccc(OC)cc3nc1O2)C(=O)NS(=O)(=O)C1CC1. The molecule has 5 amide bonds. The van der Waals surface area contributed by atoms with E-state index in [-0.39, 0.29) is 49.3 Å². The van der Waals surface area contributed by atoms with Crippen LogP contribution in [-0.2, 0) is 29.1 Å². The standard InChI is InChI=1S/C42H54N6O9S/c1-3-27-21-42(27,40(51)46-58(53,54)31-12-13-31)45-37(49)35-20-30-23-48(35)39(50)36(24-7-4-5-8-24)44-41(52)47-15-14-29(22-47)56-16-6-9-25-17-32(25)33-18-26-10-11-28(55-2)19-34(26)43-38(33)57-30/h3,10-11,18-19,24-25,27,29-32,35-36H,1,4-9,12-17,20-23H2,2H3,(H,44,52)(H,45,49)(H,46,51)/t25?,27-,29-,30+,32?,35-,36-,42+/m0/s1. The number of amides is 5. The van der Waals surface area contributed by atoms with Crippen molar-refractivity contribution in [3.63, 3.8) is 0 Å². The summed E-state index contributed by atoms with van der Waals surface area (Å²) in [4.78, 5) is 65.3. The van der Waals surface area contributed by atoms with E-state index < -0.39 is 56.7 Å². The van der Waals surface area contributed by atoms with Gasteiger partial charge in [-0.3, -0.25) is 19.1 Å². The summed E-state index contributed by atoms with van der Waals surface area (Å²) < 4.78 is 46.4. The van der Waals surface area contributed by atoms with Gasteiger partial charge in [0.15, 0.2) is 0 Å². The van der Waals surface area contributed by atoms with Crippen LogP contribution in [0.2, 0.25) is 0 Å². The van der Waals surface area contributed by atoms with Gasteiger partial charge in [-0.1, -0.05) is 18.9 Å². The number of methoxy groups -OCH3 is 1. The van der Waals surface area contributed by atoms with Gasteiger partial charge in [0.05, 0.1) is 30.5 Å². The van der Waals surface area contributed by atoms with Crippen LogP contribution in [0.3, 0.4) is 0 Å². The van der Waals surface area contributed by atoms with Gasteiger partial charge in [0.25, 0.3) is 5.91 Å². The van der Waals surface area contributed by atoms with Crippen LogP contribution in [0.1, 0.15) is 88.5 Å². The van der Waals surface area contributed by atoms with Crippen molar-refractivity contribution >= 4 is 44.7 Å². The van der Waals surface area contributed by atoms with Gasteiger partial charge in [-0.2, -0.15) is 0 Å². The minimum Gasteiger partial charge on any atom is -0.497 e. The highest BCUT2D eigenvalue weighted by Gasteiger charge is 2.62. The van der Waals surface area contributed by atoms with Crippen LogP contribution in [0.15, 0.2) is 36.9 Å². The zero-order valence-electron chi connectivity index (χ0n) is 33.0. The van der Waals surface area contributed by atoms with Crippen molar-refractivity contribution in [2.24, 2.45) is 17.8 Å². The Labute approximate surface area is 339 Å². The van der Waals surface area contributed by atoms with E-state index in [2.05, 4.69) is 28.0 Å². The average molecular weight is 819 g/mol. The number of benzene rings is 1. The first-order valence-electron chi connectivity index (χ1n) is 21.1. The number of rotatable bonds is 8. The van der Waals surface area contributed by atoms with E-state index in [0.29, 0.717) is 55.6 Å². The summed E-state index contributed by atoms with van der Waals surface area (Å²) in [5, 5.41) is 6.30. The van der Waals surface area contributed by atoms with E-state index >= 15 is 0 Å². The fourth-order valence-corrected chi connectivity index (χ4v) is 11.2. The van der Waals surface area contributed by atoms with Gasteiger partial charge >= 0.3 is 6.03 Å². The molecular weight excluding hydrogens is 765 g/mol. The van der Waals surface area contributed by atoms with Gasteiger partial charge in [0.2, 0.25) is 27.7 Å². The minimum absolute atomic E-state index is 0.0428. The summed E-state index contributed by atoms with van der Waals surface area (Å²) in [5.74, 6) is -0.674. The first kappa shape index (κ1) is 39.0. The molecule has 4 bridgehead atoms. The molecule has 4 aliphatic carbocycles. The lowest BCUT2D eigenvalue weighted by atomic mass is 9.96. The molecular formula is C42H54N6O9S. The van der Waals surface area contributed by atoms with E-state index in [0.717, 1.165) is 62.3 Å². The first-order valence-corrected chi connectivity index (χ1v) is 22.6. The smallest absolute Gasteiger partial charge is 0.318 e. The second kappa shape index (κ2) is 15.3. The van der Waals surface area contributed by atoms with E-state index in [9.17, 15) is 27.6 Å². The van der Waals surface area contributed by atoms with Crippen LogP contribution < -0.4 is 24.8 Å². The summed E-state index contributed by atoms with van der Waals surface area (Å²) in [6.45, 7) is 5.45. The molecule has 3 N–H and O–H groups in total. The van der Waals surface area contributed by atoms with E-state index in [1.807, 2.05) is 18.2 Å². The molecule has 3 aliphatic heterocycles. The Morgan fingerprint density at radius 2 is 1.81 bits per heavy atom. The molecule has 58 heavy (non-hydrogen) atoms. The number of sulfonamides is 1. The molecule has 2 unspecified atom stereocenters. The summed E-state index contributed by atoms with van der Waals surface area (Å²) in [5.41, 5.74) is 0.142. The van der Waals surface area contributed by atoms with Crippen LogP contribution in [-0.4, -0.2) is 115 Å². The predicted octanol–water partition coefficient (Wildman–Crippen LogP) is 3.52. The molecule has 8 atom stereocenters. The second-order valence-corrected chi connectivity index (χ2v) is 19.5. The highest BCUT2D eigenvalue weighted by molar-refractivity contribution is 7.91. The number of nitrogens with zero attached hydrogens (tertiary/aromatic N) is 3. The number of aromatic nitrogens is 1. The quantitative estimate of drug-likeness (QED) is 0.333. The number of nitrogens with one attached hydrogen (secondary N) is 3. The van der Waals surface area contributed by atoms with Crippen LogP contribution in [0.25, 0.3) is 10.9 Å². The number of hydrogen-bond acceptors (Lipinski definition) is 10. The summed E-state index contributed by atoms with van der Waals surface area (Å²) in [6.07, 6.45) is 8.93. The van der Waals surface area contributed by atoms with Crippen LogP contribution in [0, 0.1) is 17.8 Å². The molecule has 4 heterocycles. The van der Waals surface area contributed by atoms with Gasteiger partial charge in [-0.15, -0.1) is 6.58 Å². The van der Waals surface area contributed by atoms with Crippen LogP contribution in [0.4, 0.5) is 4.79 Å². The predicted molar refractivity (Wildman–Crippen MR) is 212 cm³/mol. The van der Waals surface area contributed by atoms with Crippen molar-refractivity contribution in [2.45, 2.75) is 118 Å². The van der Waals surface area contributed by atoms with Crippen molar-refractivity contribution in [3.8, 4) is 11.6 Å². The average Bonchev–Trinajstić information content (AvgIpc) is 4.17. The van der Waals surface area contributed by atoms with Crippen molar-refractivity contribution in [1.29, 1.82) is 0 Å². The number of carbonyl (C=O) groups is 4. The molecule has 312 valence electrons. The molecule has 9 rings (SSSR count).